The summed E-state index contributed by atoms with van der Waals surface area (Å²) in [4.78, 5) is 4.78. The van der Waals surface area contributed by atoms with Crippen molar-refractivity contribution in [3.8, 4) is 44.9 Å². The number of hydrogen-bond donors (Lipinski definition) is 0. The fraction of sp³-hybridized carbons (Fsp3) is 0.0154. The summed E-state index contributed by atoms with van der Waals surface area (Å²) in [7, 11) is 0. The Morgan fingerprint density at radius 2 is 0.809 bits per heavy atom. The zero-order valence-corrected chi connectivity index (χ0v) is 37.2. The molecule has 0 saturated carbocycles. The molecular formula is C65H44N2O. The number of para-hydroxylation sites is 2. The van der Waals surface area contributed by atoms with Crippen LogP contribution >= 0.6 is 0 Å². The molecule has 0 bridgehead atoms. The van der Waals surface area contributed by atoms with Crippen molar-refractivity contribution in [2.45, 2.75) is 5.41 Å². The molecule has 13 rings (SSSR count). The Hall–Kier alpha value is -8.92. The fourth-order valence-electron chi connectivity index (χ4n) is 11.1. The molecule has 0 saturated heterocycles. The van der Waals surface area contributed by atoms with E-state index in [9.17, 15) is 0 Å². The first-order valence-electron chi connectivity index (χ1n) is 23.3. The predicted octanol–water partition coefficient (Wildman–Crippen LogP) is 17.6. The highest BCUT2D eigenvalue weighted by atomic mass is 16.5. The van der Waals surface area contributed by atoms with Gasteiger partial charge in [0.2, 0.25) is 0 Å². The summed E-state index contributed by atoms with van der Waals surface area (Å²) in [6.07, 6.45) is 0. The minimum absolute atomic E-state index is 0.562. The maximum atomic E-state index is 7.46. The van der Waals surface area contributed by atoms with Gasteiger partial charge in [-0.05, 0) is 111 Å². The minimum atomic E-state index is -0.562. The molecule has 0 aromatic heterocycles. The van der Waals surface area contributed by atoms with Crippen molar-refractivity contribution >= 4 is 44.9 Å². The van der Waals surface area contributed by atoms with Crippen molar-refractivity contribution in [2.24, 2.45) is 0 Å². The first-order valence-corrected chi connectivity index (χ1v) is 23.3. The van der Waals surface area contributed by atoms with Crippen LogP contribution in [0.3, 0.4) is 0 Å². The average molecular weight is 869 g/mol. The van der Waals surface area contributed by atoms with Gasteiger partial charge in [0.25, 0.3) is 0 Å². The molecule has 1 aliphatic heterocycles. The number of rotatable bonds is 9. The van der Waals surface area contributed by atoms with Gasteiger partial charge in [0.1, 0.15) is 5.75 Å². The molecule has 11 aromatic carbocycles. The third-order valence-corrected chi connectivity index (χ3v) is 13.9. The van der Waals surface area contributed by atoms with Gasteiger partial charge >= 0.3 is 0 Å². The zero-order valence-electron chi connectivity index (χ0n) is 37.2. The molecule has 1 aliphatic carbocycles. The second-order valence-corrected chi connectivity index (χ2v) is 17.6. The lowest BCUT2D eigenvalue weighted by atomic mass is 9.68. The van der Waals surface area contributed by atoms with Crippen molar-refractivity contribution in [1.29, 1.82) is 0 Å². The average Bonchev–Trinajstić information content (AvgIpc) is 3.73. The summed E-state index contributed by atoms with van der Waals surface area (Å²) in [6.45, 7) is 0. The van der Waals surface area contributed by atoms with Gasteiger partial charge in [-0.15, -0.1) is 0 Å². The van der Waals surface area contributed by atoms with Crippen LogP contribution in [0.25, 0.3) is 44.2 Å². The number of nitrogens with zero attached hydrogens (tertiary/aromatic N) is 2. The highest BCUT2D eigenvalue weighted by Crippen LogP contribution is 2.61. The molecule has 11 aromatic rings. The fourth-order valence-corrected chi connectivity index (χ4v) is 11.1. The summed E-state index contributed by atoms with van der Waals surface area (Å²) in [5.74, 6) is 1.63. The number of benzene rings is 11. The van der Waals surface area contributed by atoms with E-state index in [0.717, 1.165) is 73.1 Å². The molecule has 0 amide bonds. The van der Waals surface area contributed by atoms with Gasteiger partial charge in [-0.1, -0.05) is 206 Å². The van der Waals surface area contributed by atoms with E-state index in [4.69, 9.17) is 4.74 Å². The Balaban J connectivity index is 1.08. The Kier molecular flexibility index (Phi) is 9.40. The van der Waals surface area contributed by atoms with Crippen LogP contribution in [-0.2, 0) is 5.41 Å². The SMILES string of the molecule is c1ccc(-c2ccc(N(c3cccc4c3-c3ccccc3C4(c3ccccc3)c3ccccc3)c3ccc4cccc5c4c3Oc3cccc(N(c4ccccc4)c4ccccc4)c3-5)cc2)cc1. The first kappa shape index (κ1) is 39.4. The molecule has 0 atom stereocenters. The molecule has 3 heteroatoms. The van der Waals surface area contributed by atoms with E-state index in [2.05, 4.69) is 277 Å². The van der Waals surface area contributed by atoms with Crippen LogP contribution in [0.1, 0.15) is 22.3 Å². The van der Waals surface area contributed by atoms with Crippen molar-refractivity contribution in [1.82, 2.24) is 0 Å². The van der Waals surface area contributed by atoms with E-state index in [1.807, 2.05) is 0 Å². The maximum Gasteiger partial charge on any atom is 0.159 e. The summed E-state index contributed by atoms with van der Waals surface area (Å²) in [5, 5.41) is 2.19. The van der Waals surface area contributed by atoms with Gasteiger partial charge in [0.15, 0.2) is 5.75 Å². The molecule has 0 unspecified atom stereocenters. The van der Waals surface area contributed by atoms with Gasteiger partial charge in [0.05, 0.1) is 22.5 Å². The molecule has 68 heavy (non-hydrogen) atoms. The molecule has 0 spiro atoms. The van der Waals surface area contributed by atoms with E-state index < -0.39 is 5.41 Å². The minimum Gasteiger partial charge on any atom is -0.454 e. The Morgan fingerprint density at radius 1 is 0.309 bits per heavy atom. The molecule has 3 nitrogen and oxygen atoms in total. The van der Waals surface area contributed by atoms with Crippen molar-refractivity contribution in [3.05, 3.63) is 289 Å². The van der Waals surface area contributed by atoms with Gasteiger partial charge < -0.3 is 14.5 Å². The topological polar surface area (TPSA) is 15.7 Å². The largest absolute Gasteiger partial charge is 0.454 e. The van der Waals surface area contributed by atoms with E-state index in [0.29, 0.717) is 0 Å². The Bertz CT molecular complexity index is 3550. The molecule has 1 heterocycles. The van der Waals surface area contributed by atoms with Crippen LogP contribution in [0.2, 0.25) is 0 Å². The van der Waals surface area contributed by atoms with Crippen molar-refractivity contribution < 1.29 is 4.74 Å². The van der Waals surface area contributed by atoms with Gasteiger partial charge in [-0.2, -0.15) is 0 Å². The van der Waals surface area contributed by atoms with Gasteiger partial charge in [0, 0.05) is 33.6 Å². The van der Waals surface area contributed by atoms with E-state index in [-0.39, 0.29) is 0 Å². The third-order valence-electron chi connectivity index (χ3n) is 13.9. The maximum absolute atomic E-state index is 7.46. The summed E-state index contributed by atoms with van der Waals surface area (Å²) >= 11 is 0. The lowest BCUT2D eigenvalue weighted by Gasteiger charge is -2.35. The Morgan fingerprint density at radius 3 is 1.47 bits per heavy atom. The van der Waals surface area contributed by atoms with Crippen LogP contribution in [-0.4, -0.2) is 0 Å². The Labute approximate surface area is 397 Å². The van der Waals surface area contributed by atoms with Crippen LogP contribution in [0.4, 0.5) is 34.1 Å². The van der Waals surface area contributed by atoms with Crippen LogP contribution in [0.15, 0.2) is 267 Å². The first-order chi connectivity index (χ1) is 33.8. The molecule has 0 fully saturated rings. The van der Waals surface area contributed by atoms with Crippen LogP contribution < -0.4 is 14.5 Å². The van der Waals surface area contributed by atoms with Crippen molar-refractivity contribution in [3.63, 3.8) is 0 Å². The van der Waals surface area contributed by atoms with Crippen molar-refractivity contribution in [2.75, 3.05) is 9.80 Å². The smallest absolute Gasteiger partial charge is 0.159 e. The van der Waals surface area contributed by atoms with Gasteiger partial charge in [-0.25, -0.2) is 0 Å². The van der Waals surface area contributed by atoms with Crippen LogP contribution in [0, 0.1) is 0 Å². The lowest BCUT2D eigenvalue weighted by Crippen LogP contribution is -2.28. The highest BCUT2D eigenvalue weighted by Gasteiger charge is 2.47. The van der Waals surface area contributed by atoms with Gasteiger partial charge in [-0.3, -0.25) is 0 Å². The lowest BCUT2D eigenvalue weighted by molar-refractivity contribution is 0.488. The molecule has 0 radical (unpaired) electrons. The highest BCUT2D eigenvalue weighted by molar-refractivity contribution is 6.12. The molecule has 2 aliphatic rings. The number of anilines is 6. The third kappa shape index (κ3) is 6.13. The summed E-state index contributed by atoms with van der Waals surface area (Å²) < 4.78 is 7.46. The van der Waals surface area contributed by atoms with E-state index >= 15 is 0 Å². The molecule has 320 valence electrons. The number of fused-ring (bicyclic) bond motifs is 5. The van der Waals surface area contributed by atoms with E-state index in [1.165, 1.54) is 38.9 Å². The normalized spacial score (nSPS) is 12.6. The van der Waals surface area contributed by atoms with Crippen LogP contribution in [0.5, 0.6) is 11.5 Å². The number of ether oxygens (including phenoxy) is 1. The quantitative estimate of drug-likeness (QED) is 0.144. The summed E-state index contributed by atoms with van der Waals surface area (Å²) in [5.41, 5.74) is 17.6. The monoisotopic (exact) mass is 868 g/mol. The molecule has 0 N–H and O–H groups in total. The zero-order chi connectivity index (χ0) is 45.0. The van der Waals surface area contributed by atoms with E-state index in [1.54, 1.807) is 0 Å². The number of hydrogen-bond acceptors (Lipinski definition) is 3. The summed E-state index contributed by atoms with van der Waals surface area (Å²) in [6, 6.07) is 96.4. The molecular weight excluding hydrogens is 825 g/mol. The predicted molar refractivity (Wildman–Crippen MR) is 282 cm³/mol. The second-order valence-electron chi connectivity index (χ2n) is 17.6. The second kappa shape index (κ2) is 16.2. The standard InChI is InChI=1S/C65H44N2O/c1-6-21-45(22-7-1)46-39-42-52(43-40-46)67(57-36-19-35-56-62(57)53-32-16-17-34-55(53)65(56,48-24-8-2-9-25-48)49-26-10-3-11-27-49)59-44-41-47-23-18-33-54-61(47)64(59)68-60-38-20-37-58(63(54)60)66(50-28-12-4-13-29-50)51-30-14-5-15-31-51/h1-44H.